The van der Waals surface area contributed by atoms with Crippen LogP contribution in [0.1, 0.15) is 21.5 Å². The van der Waals surface area contributed by atoms with Crippen molar-refractivity contribution in [3.63, 3.8) is 0 Å². The van der Waals surface area contributed by atoms with Crippen LogP contribution in [0.4, 0.5) is 0 Å². The van der Waals surface area contributed by atoms with Crippen LogP contribution < -0.4 is 14.8 Å². The largest absolute Gasteiger partial charge is 0.486 e. The Bertz CT molecular complexity index is 787. The van der Waals surface area contributed by atoms with Crippen molar-refractivity contribution in [2.75, 3.05) is 19.8 Å². The van der Waals surface area contributed by atoms with E-state index in [2.05, 4.69) is 5.32 Å². The van der Waals surface area contributed by atoms with Gasteiger partial charge >= 0.3 is 5.97 Å². The molecule has 0 radical (unpaired) electrons. The summed E-state index contributed by atoms with van der Waals surface area (Å²) < 4.78 is 11.0. The van der Waals surface area contributed by atoms with Crippen molar-refractivity contribution in [3.8, 4) is 11.5 Å². The standard InChI is InChI=1S/C19H19NO5/c21-18(12-14-2-1-3-15(10-14)19(22)23)20-7-6-13-4-5-16-17(11-13)25-9-8-24-16/h1-5,10-11H,6-9,12H2,(H,20,21)(H,22,23). The number of hydrogen-bond donors (Lipinski definition) is 2. The lowest BCUT2D eigenvalue weighted by molar-refractivity contribution is -0.120. The number of carboxylic acid groups (broad SMARTS) is 1. The highest BCUT2D eigenvalue weighted by molar-refractivity contribution is 5.88. The van der Waals surface area contributed by atoms with E-state index < -0.39 is 5.97 Å². The zero-order valence-corrected chi connectivity index (χ0v) is 13.7. The molecular weight excluding hydrogens is 322 g/mol. The molecule has 6 heteroatoms. The number of ether oxygens (including phenoxy) is 2. The van der Waals surface area contributed by atoms with Crippen molar-refractivity contribution in [3.05, 3.63) is 59.2 Å². The summed E-state index contributed by atoms with van der Waals surface area (Å²) in [7, 11) is 0. The minimum Gasteiger partial charge on any atom is -0.486 e. The minimum atomic E-state index is -0.999. The van der Waals surface area contributed by atoms with Gasteiger partial charge in [0, 0.05) is 6.54 Å². The van der Waals surface area contributed by atoms with E-state index in [1.165, 1.54) is 12.1 Å². The van der Waals surface area contributed by atoms with Gasteiger partial charge in [0.15, 0.2) is 11.5 Å². The van der Waals surface area contributed by atoms with Crippen LogP contribution in [-0.2, 0) is 17.6 Å². The number of rotatable bonds is 6. The quantitative estimate of drug-likeness (QED) is 0.840. The van der Waals surface area contributed by atoms with Crippen LogP contribution in [0.2, 0.25) is 0 Å². The van der Waals surface area contributed by atoms with E-state index >= 15 is 0 Å². The van der Waals surface area contributed by atoms with E-state index in [0.29, 0.717) is 31.7 Å². The van der Waals surface area contributed by atoms with Gasteiger partial charge in [-0.25, -0.2) is 4.79 Å². The Morgan fingerprint density at radius 3 is 2.60 bits per heavy atom. The Balaban J connectivity index is 1.49. The van der Waals surface area contributed by atoms with Gasteiger partial charge in [0.1, 0.15) is 13.2 Å². The number of hydrogen-bond acceptors (Lipinski definition) is 4. The highest BCUT2D eigenvalue weighted by atomic mass is 16.6. The maximum Gasteiger partial charge on any atom is 0.335 e. The molecule has 3 rings (SSSR count). The molecule has 2 aromatic rings. The summed E-state index contributed by atoms with van der Waals surface area (Å²) in [5.41, 5.74) is 1.91. The van der Waals surface area contributed by atoms with Crippen molar-refractivity contribution in [1.29, 1.82) is 0 Å². The first-order valence-corrected chi connectivity index (χ1v) is 8.09. The fourth-order valence-electron chi connectivity index (χ4n) is 2.65. The second-order valence-corrected chi connectivity index (χ2v) is 5.76. The maximum atomic E-state index is 12.0. The van der Waals surface area contributed by atoms with Gasteiger partial charge in [0.05, 0.1) is 12.0 Å². The predicted molar refractivity (Wildman–Crippen MR) is 91.3 cm³/mol. The van der Waals surface area contributed by atoms with Crippen molar-refractivity contribution >= 4 is 11.9 Å². The van der Waals surface area contributed by atoms with Crippen LogP contribution in [0.5, 0.6) is 11.5 Å². The van der Waals surface area contributed by atoms with E-state index in [1.54, 1.807) is 12.1 Å². The number of amides is 1. The molecule has 1 amide bonds. The fourth-order valence-corrected chi connectivity index (χ4v) is 2.65. The molecule has 1 heterocycles. The average Bonchev–Trinajstić information content (AvgIpc) is 2.62. The molecule has 0 saturated carbocycles. The molecule has 1 aliphatic heterocycles. The van der Waals surface area contributed by atoms with E-state index in [4.69, 9.17) is 14.6 Å². The molecule has 0 aromatic heterocycles. The molecule has 0 spiro atoms. The summed E-state index contributed by atoms with van der Waals surface area (Å²) >= 11 is 0. The first-order chi connectivity index (χ1) is 12.1. The van der Waals surface area contributed by atoms with Crippen molar-refractivity contribution in [2.24, 2.45) is 0 Å². The fraction of sp³-hybridized carbons (Fsp3) is 0.263. The SMILES string of the molecule is O=C(Cc1cccc(C(=O)O)c1)NCCc1ccc2c(c1)OCCO2. The summed E-state index contributed by atoms with van der Waals surface area (Å²) in [5.74, 6) is 0.346. The second kappa shape index (κ2) is 7.70. The number of carbonyl (C=O) groups is 2. The zero-order valence-electron chi connectivity index (χ0n) is 13.7. The maximum absolute atomic E-state index is 12.0. The van der Waals surface area contributed by atoms with Gasteiger partial charge in [-0.2, -0.15) is 0 Å². The van der Waals surface area contributed by atoms with Gasteiger partial charge in [-0.3, -0.25) is 4.79 Å². The molecule has 0 fully saturated rings. The molecule has 130 valence electrons. The molecule has 2 N–H and O–H groups in total. The van der Waals surface area contributed by atoms with Gasteiger partial charge in [0.2, 0.25) is 5.91 Å². The molecule has 6 nitrogen and oxygen atoms in total. The van der Waals surface area contributed by atoms with Gasteiger partial charge in [-0.05, 0) is 41.8 Å². The van der Waals surface area contributed by atoms with Crippen LogP contribution in [0, 0.1) is 0 Å². The van der Waals surface area contributed by atoms with Gasteiger partial charge in [-0.1, -0.05) is 18.2 Å². The Labute approximate surface area is 145 Å². The third-order valence-electron chi connectivity index (χ3n) is 3.88. The molecule has 0 aliphatic carbocycles. The van der Waals surface area contributed by atoms with Crippen LogP contribution in [0.15, 0.2) is 42.5 Å². The third-order valence-corrected chi connectivity index (χ3v) is 3.88. The molecule has 1 aliphatic rings. The van der Waals surface area contributed by atoms with Crippen LogP contribution in [0.3, 0.4) is 0 Å². The van der Waals surface area contributed by atoms with E-state index in [0.717, 1.165) is 17.1 Å². The molecule has 0 unspecified atom stereocenters. The van der Waals surface area contributed by atoms with Crippen LogP contribution >= 0.6 is 0 Å². The van der Waals surface area contributed by atoms with Gasteiger partial charge in [0.25, 0.3) is 0 Å². The molecular formula is C19H19NO5. The monoisotopic (exact) mass is 341 g/mol. The highest BCUT2D eigenvalue weighted by Crippen LogP contribution is 2.30. The van der Waals surface area contributed by atoms with Crippen molar-refractivity contribution in [2.45, 2.75) is 12.8 Å². The molecule has 0 bridgehead atoms. The number of benzene rings is 2. The lowest BCUT2D eigenvalue weighted by Gasteiger charge is -2.18. The Morgan fingerprint density at radius 2 is 1.80 bits per heavy atom. The molecule has 2 aromatic carbocycles. The van der Waals surface area contributed by atoms with E-state index in [-0.39, 0.29) is 17.9 Å². The number of nitrogens with one attached hydrogen (secondary N) is 1. The van der Waals surface area contributed by atoms with E-state index in [1.807, 2.05) is 18.2 Å². The first kappa shape index (κ1) is 16.8. The Morgan fingerprint density at radius 1 is 1.00 bits per heavy atom. The zero-order chi connectivity index (χ0) is 17.6. The lowest BCUT2D eigenvalue weighted by atomic mass is 10.1. The second-order valence-electron chi connectivity index (χ2n) is 5.76. The molecule has 25 heavy (non-hydrogen) atoms. The molecule has 0 saturated heterocycles. The van der Waals surface area contributed by atoms with Gasteiger partial charge in [-0.15, -0.1) is 0 Å². The predicted octanol–water partition coefficient (Wildman–Crippen LogP) is 2.06. The first-order valence-electron chi connectivity index (χ1n) is 8.09. The van der Waals surface area contributed by atoms with Crippen molar-refractivity contribution in [1.82, 2.24) is 5.32 Å². The summed E-state index contributed by atoms with van der Waals surface area (Å²) in [4.78, 5) is 23.0. The number of carbonyl (C=O) groups excluding carboxylic acids is 1. The summed E-state index contributed by atoms with van der Waals surface area (Å²) in [6.07, 6.45) is 0.833. The number of aromatic carboxylic acids is 1. The normalized spacial score (nSPS) is 12.5. The van der Waals surface area contributed by atoms with Crippen molar-refractivity contribution < 1.29 is 24.2 Å². The lowest BCUT2D eigenvalue weighted by Crippen LogP contribution is -2.27. The van der Waals surface area contributed by atoms with E-state index in [9.17, 15) is 9.59 Å². The number of carboxylic acids is 1. The third kappa shape index (κ3) is 4.50. The topological polar surface area (TPSA) is 84.9 Å². The average molecular weight is 341 g/mol. The van der Waals surface area contributed by atoms with Crippen LogP contribution in [-0.4, -0.2) is 36.7 Å². The summed E-state index contributed by atoms with van der Waals surface area (Å²) in [6.45, 7) is 1.60. The highest BCUT2D eigenvalue weighted by Gasteiger charge is 2.12. The molecule has 0 atom stereocenters. The Hall–Kier alpha value is -3.02. The summed E-state index contributed by atoms with van der Waals surface area (Å²) in [6, 6.07) is 12.2. The summed E-state index contributed by atoms with van der Waals surface area (Å²) in [5, 5.41) is 11.8. The minimum absolute atomic E-state index is 0.139. The Kier molecular flexibility index (Phi) is 5.18. The van der Waals surface area contributed by atoms with Crippen LogP contribution in [0.25, 0.3) is 0 Å². The van der Waals surface area contributed by atoms with Gasteiger partial charge < -0.3 is 19.9 Å². The smallest absolute Gasteiger partial charge is 0.335 e. The number of fused-ring (bicyclic) bond motifs is 1.